The Balaban J connectivity index is 1.78. The molecule has 2 aromatic rings. The summed E-state index contributed by atoms with van der Waals surface area (Å²) in [6.07, 6.45) is -2.45. The topological polar surface area (TPSA) is 124 Å². The summed E-state index contributed by atoms with van der Waals surface area (Å²) in [4.78, 5) is 40.0. The number of hydrogen-bond acceptors (Lipinski definition) is 8. The first kappa shape index (κ1) is 15.4. The molecule has 1 aromatic carbocycles. The normalized spacial score (nSPS) is 33.3. The molecule has 1 spiro atoms. The largest absolute Gasteiger partial charge is 0.435 e. The Morgan fingerprint density at radius 3 is 2.69 bits per heavy atom. The van der Waals surface area contributed by atoms with Gasteiger partial charge in [0.1, 0.15) is 5.69 Å². The number of hydrogen-bond donors (Lipinski definition) is 2. The minimum atomic E-state index is -2.37. The number of ether oxygens (including phenoxy) is 4. The number of H-pyrrole nitrogens is 1. The van der Waals surface area contributed by atoms with Crippen LogP contribution in [0.3, 0.4) is 0 Å². The predicted molar refractivity (Wildman–Crippen MR) is 81.0 cm³/mol. The summed E-state index contributed by atoms with van der Waals surface area (Å²) in [6, 6.07) is 7.26. The highest BCUT2D eigenvalue weighted by Crippen LogP contribution is 2.45. The number of para-hydroxylation sites is 1. The average Bonchev–Trinajstić information content (AvgIpc) is 2.90. The maximum absolute atomic E-state index is 12.5. The Labute approximate surface area is 145 Å². The molecule has 2 N–H and O–H groups in total. The number of esters is 3. The molecule has 3 aliphatic rings. The third kappa shape index (κ3) is 2.01. The van der Waals surface area contributed by atoms with Crippen molar-refractivity contribution >= 4 is 28.8 Å². The third-order valence-electron chi connectivity index (χ3n) is 4.77. The van der Waals surface area contributed by atoms with E-state index in [1.807, 2.05) is 18.2 Å². The van der Waals surface area contributed by atoms with Crippen LogP contribution in [-0.2, 0) is 45.7 Å². The summed E-state index contributed by atoms with van der Waals surface area (Å²) in [7, 11) is 0. The standard InChI is InChI=1S/C17H13NO8/c19-11-6-16(22)7-12(20)24-17(26-15(16)21)14-9(5-13(23-11)25-17)8-3-1-2-4-10(8)18-14/h1-4,13,18,22H,5-7H2. The summed E-state index contributed by atoms with van der Waals surface area (Å²) in [5.41, 5.74) is -0.808. The number of aromatic nitrogens is 1. The Morgan fingerprint density at radius 1 is 1.08 bits per heavy atom. The third-order valence-corrected chi connectivity index (χ3v) is 4.77. The summed E-state index contributed by atoms with van der Waals surface area (Å²) >= 11 is 0. The van der Waals surface area contributed by atoms with Crippen LogP contribution in [0.2, 0.25) is 0 Å². The van der Waals surface area contributed by atoms with Crippen LogP contribution in [0.1, 0.15) is 24.1 Å². The number of carbonyl (C=O) groups excluding carboxylic acids is 3. The molecule has 4 heterocycles. The highest BCUT2D eigenvalue weighted by atomic mass is 16.9. The summed E-state index contributed by atoms with van der Waals surface area (Å²) < 4.78 is 21.5. The van der Waals surface area contributed by atoms with Gasteiger partial charge in [-0.25, -0.2) is 4.79 Å². The molecule has 134 valence electrons. The van der Waals surface area contributed by atoms with Gasteiger partial charge >= 0.3 is 23.9 Å². The zero-order chi connectivity index (χ0) is 18.1. The monoisotopic (exact) mass is 359 g/mol. The number of aliphatic hydroxyl groups is 1. The van der Waals surface area contributed by atoms with Crippen molar-refractivity contribution in [1.29, 1.82) is 0 Å². The van der Waals surface area contributed by atoms with E-state index in [1.165, 1.54) is 0 Å². The molecule has 9 heteroatoms. The van der Waals surface area contributed by atoms with Crippen LogP contribution in [0, 0.1) is 0 Å². The van der Waals surface area contributed by atoms with Gasteiger partial charge in [-0.05, 0) is 11.6 Å². The van der Waals surface area contributed by atoms with Gasteiger partial charge in [0.2, 0.25) is 6.29 Å². The van der Waals surface area contributed by atoms with Gasteiger partial charge in [0.05, 0.1) is 12.8 Å². The molecule has 0 radical (unpaired) electrons. The molecule has 3 unspecified atom stereocenters. The lowest BCUT2D eigenvalue weighted by Gasteiger charge is -2.36. The fourth-order valence-corrected chi connectivity index (χ4v) is 3.63. The quantitative estimate of drug-likeness (QED) is 0.646. The highest BCUT2D eigenvalue weighted by Gasteiger charge is 2.60. The van der Waals surface area contributed by atoms with E-state index < -0.39 is 48.6 Å². The first-order chi connectivity index (χ1) is 12.4. The van der Waals surface area contributed by atoms with E-state index in [0.717, 1.165) is 5.39 Å². The van der Waals surface area contributed by atoms with Gasteiger partial charge < -0.3 is 24.3 Å². The number of rotatable bonds is 0. The van der Waals surface area contributed by atoms with E-state index >= 15 is 0 Å². The van der Waals surface area contributed by atoms with Crippen LogP contribution in [0.4, 0.5) is 0 Å². The van der Waals surface area contributed by atoms with Crippen molar-refractivity contribution < 1.29 is 38.4 Å². The number of aromatic amines is 1. The van der Waals surface area contributed by atoms with Gasteiger partial charge in [-0.3, -0.25) is 14.3 Å². The molecule has 5 rings (SSSR count). The van der Waals surface area contributed by atoms with Gasteiger partial charge in [0.15, 0.2) is 5.60 Å². The zero-order valence-electron chi connectivity index (χ0n) is 13.3. The van der Waals surface area contributed by atoms with Crippen molar-refractivity contribution in [2.45, 2.75) is 37.1 Å². The Hall–Kier alpha value is -2.91. The summed E-state index contributed by atoms with van der Waals surface area (Å²) in [5.74, 6) is -5.24. The fourth-order valence-electron chi connectivity index (χ4n) is 3.63. The lowest BCUT2D eigenvalue weighted by atomic mass is 9.96. The number of nitrogens with one attached hydrogen (secondary N) is 1. The van der Waals surface area contributed by atoms with Crippen molar-refractivity contribution in [3.05, 3.63) is 35.5 Å². The SMILES string of the molecule is O=C1CC2(O)CC(=O)OC3(OC2=O)OC(Cc2c3[nH]c3ccccc23)O1. The van der Waals surface area contributed by atoms with Crippen LogP contribution >= 0.6 is 0 Å². The minimum absolute atomic E-state index is 0.167. The van der Waals surface area contributed by atoms with Gasteiger partial charge in [-0.2, -0.15) is 0 Å². The molecule has 2 saturated heterocycles. The number of carbonyl (C=O) groups is 3. The highest BCUT2D eigenvalue weighted by molar-refractivity contribution is 5.92. The van der Waals surface area contributed by atoms with Gasteiger partial charge in [0, 0.05) is 17.3 Å². The maximum atomic E-state index is 12.5. The van der Waals surface area contributed by atoms with Crippen LogP contribution in [-0.4, -0.2) is 39.9 Å². The van der Waals surface area contributed by atoms with Gasteiger partial charge in [-0.1, -0.05) is 18.2 Å². The number of benzene rings is 1. The molecule has 0 saturated carbocycles. The van der Waals surface area contributed by atoms with E-state index in [-0.39, 0.29) is 12.1 Å². The fraction of sp³-hybridized carbons (Fsp3) is 0.353. The molecule has 1 aromatic heterocycles. The van der Waals surface area contributed by atoms with Crippen molar-refractivity contribution in [1.82, 2.24) is 4.98 Å². The van der Waals surface area contributed by atoms with Crippen molar-refractivity contribution in [2.75, 3.05) is 0 Å². The van der Waals surface area contributed by atoms with Crippen LogP contribution in [0.5, 0.6) is 0 Å². The molecular formula is C17H13NO8. The second kappa shape index (κ2) is 4.83. The van der Waals surface area contributed by atoms with Crippen LogP contribution in [0.25, 0.3) is 10.9 Å². The van der Waals surface area contributed by atoms with Crippen molar-refractivity contribution in [2.24, 2.45) is 0 Å². The van der Waals surface area contributed by atoms with Crippen molar-refractivity contribution in [3.63, 3.8) is 0 Å². The van der Waals surface area contributed by atoms with E-state index in [4.69, 9.17) is 18.9 Å². The van der Waals surface area contributed by atoms with Crippen molar-refractivity contribution in [3.8, 4) is 0 Å². The lowest BCUT2D eigenvalue weighted by Crippen LogP contribution is -2.47. The molecule has 2 fully saturated rings. The molecule has 26 heavy (non-hydrogen) atoms. The Kier molecular flexibility index (Phi) is 2.85. The number of fused-ring (bicyclic) bond motifs is 6. The Bertz CT molecular complexity index is 980. The van der Waals surface area contributed by atoms with Crippen LogP contribution in [0.15, 0.2) is 24.3 Å². The van der Waals surface area contributed by atoms with Gasteiger partial charge in [-0.15, -0.1) is 0 Å². The van der Waals surface area contributed by atoms with Gasteiger partial charge in [0.25, 0.3) is 0 Å². The van der Waals surface area contributed by atoms with E-state index in [2.05, 4.69) is 4.98 Å². The Morgan fingerprint density at radius 2 is 1.85 bits per heavy atom. The maximum Gasteiger partial charge on any atom is 0.424 e. The van der Waals surface area contributed by atoms with Crippen LogP contribution < -0.4 is 0 Å². The molecule has 0 aliphatic carbocycles. The zero-order valence-corrected chi connectivity index (χ0v) is 13.3. The lowest BCUT2D eigenvalue weighted by molar-refractivity contribution is -0.398. The second-order valence-corrected chi connectivity index (χ2v) is 6.57. The van der Waals surface area contributed by atoms with E-state index in [9.17, 15) is 19.5 Å². The molecule has 3 atom stereocenters. The first-order valence-corrected chi connectivity index (χ1v) is 8.04. The van der Waals surface area contributed by atoms with E-state index in [1.54, 1.807) is 6.07 Å². The average molecular weight is 359 g/mol. The first-order valence-electron chi connectivity index (χ1n) is 8.04. The minimum Gasteiger partial charge on any atom is -0.435 e. The molecule has 3 bridgehead atoms. The predicted octanol–water partition coefficient (Wildman–Crippen LogP) is 0.345. The molecule has 0 amide bonds. The van der Waals surface area contributed by atoms with E-state index in [0.29, 0.717) is 11.1 Å². The summed E-state index contributed by atoms with van der Waals surface area (Å²) in [6.45, 7) is 0. The second-order valence-electron chi connectivity index (χ2n) is 6.57. The smallest absolute Gasteiger partial charge is 0.424 e. The molecule has 3 aliphatic heterocycles. The summed E-state index contributed by atoms with van der Waals surface area (Å²) in [5, 5.41) is 11.3. The molecule has 9 nitrogen and oxygen atoms in total. The molecular weight excluding hydrogens is 346 g/mol.